The van der Waals surface area contributed by atoms with Crippen LogP contribution in [0.3, 0.4) is 0 Å². The van der Waals surface area contributed by atoms with Gasteiger partial charge in [-0.1, -0.05) is 11.6 Å². The van der Waals surface area contributed by atoms with Crippen molar-refractivity contribution < 1.29 is 14.6 Å². The van der Waals surface area contributed by atoms with E-state index >= 15 is 0 Å². The molecule has 0 bridgehead atoms. The van der Waals surface area contributed by atoms with Crippen LogP contribution in [0.2, 0.25) is 4.34 Å². The first kappa shape index (κ1) is 10.5. The lowest BCUT2D eigenvalue weighted by atomic mass is 10.2. The summed E-state index contributed by atoms with van der Waals surface area (Å²) in [6.45, 7) is 0. The number of thiophene rings is 1. The summed E-state index contributed by atoms with van der Waals surface area (Å²) in [6, 6.07) is 3.50. The Hall–Kier alpha value is -0.580. The van der Waals surface area contributed by atoms with E-state index in [0.717, 1.165) is 4.88 Å². The zero-order valence-electron chi connectivity index (χ0n) is 6.99. The van der Waals surface area contributed by atoms with Crippen LogP contribution in [0.5, 0.6) is 0 Å². The van der Waals surface area contributed by atoms with Crippen molar-refractivity contribution >= 4 is 28.9 Å². The van der Waals surface area contributed by atoms with Crippen molar-refractivity contribution in [1.29, 1.82) is 0 Å². The SMILES string of the molecule is COC(=O)C(O)Cc1ccc(Cl)s1. The number of carbonyl (C=O) groups is 1. The van der Waals surface area contributed by atoms with Crippen LogP contribution >= 0.6 is 22.9 Å². The minimum absolute atomic E-state index is 0.254. The second kappa shape index (κ2) is 4.60. The fraction of sp³-hybridized carbons (Fsp3) is 0.375. The summed E-state index contributed by atoms with van der Waals surface area (Å²) in [5, 5.41) is 9.27. The molecule has 0 saturated heterocycles. The van der Waals surface area contributed by atoms with Crippen molar-refractivity contribution in [3.05, 3.63) is 21.3 Å². The standard InChI is InChI=1S/C8H9ClO3S/c1-12-8(11)6(10)4-5-2-3-7(9)13-5/h2-3,6,10H,4H2,1H3. The van der Waals surface area contributed by atoms with Crippen molar-refractivity contribution in [2.75, 3.05) is 7.11 Å². The van der Waals surface area contributed by atoms with Gasteiger partial charge in [-0.25, -0.2) is 4.79 Å². The molecule has 0 aliphatic carbocycles. The van der Waals surface area contributed by atoms with E-state index in [4.69, 9.17) is 11.6 Å². The average Bonchev–Trinajstić information content (AvgIpc) is 2.49. The maximum absolute atomic E-state index is 10.8. The van der Waals surface area contributed by atoms with Gasteiger partial charge in [-0.2, -0.15) is 0 Å². The van der Waals surface area contributed by atoms with Gasteiger partial charge in [0.25, 0.3) is 0 Å². The van der Waals surface area contributed by atoms with E-state index in [9.17, 15) is 9.90 Å². The van der Waals surface area contributed by atoms with Gasteiger partial charge in [-0.3, -0.25) is 0 Å². The number of carbonyl (C=O) groups excluding carboxylic acids is 1. The minimum Gasteiger partial charge on any atom is -0.467 e. The molecule has 1 aromatic rings. The Labute approximate surface area is 84.9 Å². The van der Waals surface area contributed by atoms with Crippen molar-refractivity contribution in [1.82, 2.24) is 0 Å². The van der Waals surface area contributed by atoms with E-state index in [0.29, 0.717) is 4.34 Å². The van der Waals surface area contributed by atoms with Crippen LogP contribution in [0.25, 0.3) is 0 Å². The van der Waals surface area contributed by atoms with Crippen molar-refractivity contribution in [2.24, 2.45) is 0 Å². The van der Waals surface area contributed by atoms with E-state index in [1.807, 2.05) is 0 Å². The Kier molecular flexibility index (Phi) is 3.71. The molecule has 3 nitrogen and oxygen atoms in total. The number of aliphatic hydroxyl groups excluding tert-OH is 1. The van der Waals surface area contributed by atoms with E-state index in [1.54, 1.807) is 12.1 Å². The quantitative estimate of drug-likeness (QED) is 0.785. The van der Waals surface area contributed by atoms with Crippen LogP contribution in [0.4, 0.5) is 0 Å². The Morgan fingerprint density at radius 3 is 2.92 bits per heavy atom. The molecule has 1 rings (SSSR count). The average molecular weight is 221 g/mol. The van der Waals surface area contributed by atoms with Gasteiger partial charge in [0.2, 0.25) is 0 Å². The molecular weight excluding hydrogens is 212 g/mol. The summed E-state index contributed by atoms with van der Waals surface area (Å²) in [5.41, 5.74) is 0. The molecule has 0 fully saturated rings. The molecule has 0 saturated carbocycles. The molecule has 5 heteroatoms. The third-order valence-electron chi connectivity index (χ3n) is 1.50. The lowest BCUT2D eigenvalue weighted by molar-refractivity contribution is -0.150. The molecule has 0 aliphatic heterocycles. The van der Waals surface area contributed by atoms with E-state index in [2.05, 4.69) is 4.74 Å². The van der Waals surface area contributed by atoms with Gasteiger partial charge in [-0.05, 0) is 12.1 Å². The minimum atomic E-state index is -1.10. The molecule has 13 heavy (non-hydrogen) atoms. The van der Waals surface area contributed by atoms with Crippen LogP contribution in [0, 0.1) is 0 Å². The third kappa shape index (κ3) is 2.99. The second-order valence-electron chi connectivity index (χ2n) is 2.45. The smallest absolute Gasteiger partial charge is 0.335 e. The van der Waals surface area contributed by atoms with Crippen LogP contribution in [0.15, 0.2) is 12.1 Å². The number of methoxy groups -OCH3 is 1. The Morgan fingerprint density at radius 2 is 2.46 bits per heavy atom. The highest BCUT2D eigenvalue weighted by Crippen LogP contribution is 2.22. The van der Waals surface area contributed by atoms with Gasteiger partial charge in [0.05, 0.1) is 11.4 Å². The fourth-order valence-electron chi connectivity index (χ4n) is 0.871. The largest absolute Gasteiger partial charge is 0.467 e. The second-order valence-corrected chi connectivity index (χ2v) is 4.25. The molecule has 0 amide bonds. The lowest BCUT2D eigenvalue weighted by Gasteiger charge is -2.05. The van der Waals surface area contributed by atoms with Gasteiger partial charge in [0.15, 0.2) is 6.10 Å². The maximum Gasteiger partial charge on any atom is 0.335 e. The fourth-order valence-corrected chi connectivity index (χ4v) is 2.00. The molecule has 0 aliphatic rings. The molecule has 0 spiro atoms. The summed E-state index contributed by atoms with van der Waals surface area (Å²) >= 11 is 7.02. The van der Waals surface area contributed by atoms with Crippen LogP contribution in [0.1, 0.15) is 4.88 Å². The monoisotopic (exact) mass is 220 g/mol. The molecule has 0 radical (unpaired) electrons. The number of esters is 1. The number of rotatable bonds is 3. The van der Waals surface area contributed by atoms with E-state index in [-0.39, 0.29) is 6.42 Å². The third-order valence-corrected chi connectivity index (χ3v) is 2.75. The molecule has 1 aromatic heterocycles. The van der Waals surface area contributed by atoms with E-state index in [1.165, 1.54) is 18.4 Å². The molecular formula is C8H9ClO3S. The molecule has 1 heterocycles. The summed E-state index contributed by atoms with van der Waals surface area (Å²) in [4.78, 5) is 11.7. The van der Waals surface area contributed by atoms with Crippen molar-refractivity contribution in [2.45, 2.75) is 12.5 Å². The number of hydrogen-bond acceptors (Lipinski definition) is 4. The van der Waals surface area contributed by atoms with E-state index < -0.39 is 12.1 Å². The van der Waals surface area contributed by atoms with Gasteiger partial charge in [0.1, 0.15) is 0 Å². The Bertz CT molecular complexity index is 297. The predicted molar refractivity (Wildman–Crippen MR) is 51.1 cm³/mol. The van der Waals surface area contributed by atoms with Gasteiger partial charge >= 0.3 is 5.97 Å². The van der Waals surface area contributed by atoms with Crippen LogP contribution in [-0.2, 0) is 16.0 Å². The highest BCUT2D eigenvalue weighted by atomic mass is 35.5. The topological polar surface area (TPSA) is 46.5 Å². The number of halogens is 1. The normalized spacial score (nSPS) is 12.5. The van der Waals surface area contributed by atoms with Gasteiger partial charge in [0, 0.05) is 11.3 Å². The first-order valence-corrected chi connectivity index (χ1v) is 4.83. The Balaban J connectivity index is 2.54. The zero-order valence-corrected chi connectivity index (χ0v) is 8.56. The lowest BCUT2D eigenvalue weighted by Crippen LogP contribution is -2.23. The van der Waals surface area contributed by atoms with Crippen LogP contribution in [-0.4, -0.2) is 24.3 Å². The summed E-state index contributed by atoms with van der Waals surface area (Å²) < 4.78 is 5.02. The first-order chi connectivity index (χ1) is 6.13. The van der Waals surface area contributed by atoms with Crippen molar-refractivity contribution in [3.8, 4) is 0 Å². The number of hydrogen-bond donors (Lipinski definition) is 1. The van der Waals surface area contributed by atoms with Crippen LogP contribution < -0.4 is 0 Å². The van der Waals surface area contributed by atoms with Gasteiger partial charge in [-0.15, -0.1) is 11.3 Å². The summed E-state index contributed by atoms with van der Waals surface area (Å²) in [5.74, 6) is -0.621. The molecule has 1 N–H and O–H groups in total. The molecule has 72 valence electrons. The number of ether oxygens (including phenoxy) is 1. The molecule has 0 aromatic carbocycles. The summed E-state index contributed by atoms with van der Waals surface area (Å²) in [7, 11) is 1.24. The Morgan fingerprint density at radius 1 is 1.77 bits per heavy atom. The van der Waals surface area contributed by atoms with Gasteiger partial charge < -0.3 is 9.84 Å². The maximum atomic E-state index is 10.8. The predicted octanol–water partition coefficient (Wildman–Crippen LogP) is 1.48. The molecule has 1 unspecified atom stereocenters. The summed E-state index contributed by atoms with van der Waals surface area (Å²) in [6.07, 6.45) is -0.843. The zero-order chi connectivity index (χ0) is 9.84. The molecule has 1 atom stereocenters. The number of aliphatic hydroxyl groups is 1. The first-order valence-electron chi connectivity index (χ1n) is 3.63. The highest BCUT2D eigenvalue weighted by molar-refractivity contribution is 7.16. The van der Waals surface area contributed by atoms with Crippen molar-refractivity contribution in [3.63, 3.8) is 0 Å². The highest BCUT2D eigenvalue weighted by Gasteiger charge is 2.16.